The number of hydrogen-bond acceptors (Lipinski definition) is 2. The van der Waals surface area contributed by atoms with Crippen LogP contribution in [0.3, 0.4) is 0 Å². The molecular formula is C18H16ClNO. The Bertz CT molecular complexity index is 903. The predicted octanol–water partition coefficient (Wildman–Crippen LogP) is 4.00. The van der Waals surface area contributed by atoms with Crippen molar-refractivity contribution in [3.05, 3.63) is 60.2 Å². The SMILES string of the molecule is Cl.N[C@H](CO)c1ccc2ccc3cccc4ccc1c2c34. The van der Waals surface area contributed by atoms with Crippen LogP contribution >= 0.6 is 12.4 Å². The average Bonchev–Trinajstić information content (AvgIpc) is 2.51. The van der Waals surface area contributed by atoms with Crippen LogP contribution in [0.5, 0.6) is 0 Å². The number of aliphatic hydroxyl groups is 1. The highest BCUT2D eigenvalue weighted by molar-refractivity contribution is 6.23. The smallest absolute Gasteiger partial charge is 0.0624 e. The zero-order valence-corrected chi connectivity index (χ0v) is 12.2. The van der Waals surface area contributed by atoms with Gasteiger partial charge >= 0.3 is 0 Å². The molecule has 1 atom stereocenters. The third-order valence-corrected chi connectivity index (χ3v) is 4.16. The molecule has 0 fully saturated rings. The Hall–Kier alpha value is -1.87. The van der Waals surface area contributed by atoms with Gasteiger partial charge in [-0.2, -0.15) is 0 Å². The molecule has 0 heterocycles. The summed E-state index contributed by atoms with van der Waals surface area (Å²) in [6, 6.07) is 18.7. The summed E-state index contributed by atoms with van der Waals surface area (Å²) in [5, 5.41) is 16.8. The van der Waals surface area contributed by atoms with Gasteiger partial charge in [-0.05, 0) is 37.9 Å². The molecule has 0 saturated heterocycles. The van der Waals surface area contributed by atoms with E-state index in [1.807, 2.05) is 6.07 Å². The van der Waals surface area contributed by atoms with Crippen LogP contribution in [0.25, 0.3) is 32.3 Å². The van der Waals surface area contributed by atoms with Crippen molar-refractivity contribution in [3.63, 3.8) is 0 Å². The van der Waals surface area contributed by atoms with Gasteiger partial charge in [0.05, 0.1) is 12.6 Å². The largest absolute Gasteiger partial charge is 0.394 e. The highest BCUT2D eigenvalue weighted by Crippen LogP contribution is 2.36. The number of nitrogens with two attached hydrogens (primary N) is 1. The van der Waals surface area contributed by atoms with Gasteiger partial charge in [-0.1, -0.05) is 54.6 Å². The van der Waals surface area contributed by atoms with E-state index in [4.69, 9.17) is 5.73 Å². The van der Waals surface area contributed by atoms with Crippen LogP contribution in [0.2, 0.25) is 0 Å². The summed E-state index contributed by atoms with van der Waals surface area (Å²) in [5.41, 5.74) is 7.05. The highest BCUT2D eigenvalue weighted by Gasteiger charge is 2.13. The molecule has 0 aliphatic heterocycles. The molecule has 0 aromatic heterocycles. The van der Waals surface area contributed by atoms with Crippen LogP contribution in [0.1, 0.15) is 11.6 Å². The lowest BCUT2D eigenvalue weighted by Crippen LogP contribution is -2.14. The number of benzene rings is 4. The molecule has 0 aliphatic rings. The Morgan fingerprint density at radius 2 is 1.38 bits per heavy atom. The van der Waals surface area contributed by atoms with Crippen LogP contribution in [0.4, 0.5) is 0 Å². The van der Waals surface area contributed by atoms with Crippen molar-refractivity contribution in [2.24, 2.45) is 5.73 Å². The molecule has 21 heavy (non-hydrogen) atoms. The first-order valence-electron chi connectivity index (χ1n) is 6.82. The topological polar surface area (TPSA) is 46.2 Å². The maximum Gasteiger partial charge on any atom is 0.0624 e. The van der Waals surface area contributed by atoms with E-state index >= 15 is 0 Å². The summed E-state index contributed by atoms with van der Waals surface area (Å²) < 4.78 is 0. The first-order chi connectivity index (χ1) is 9.79. The van der Waals surface area contributed by atoms with E-state index in [-0.39, 0.29) is 25.1 Å². The molecule has 106 valence electrons. The summed E-state index contributed by atoms with van der Waals surface area (Å²) in [5.74, 6) is 0. The third kappa shape index (κ3) is 1.95. The van der Waals surface area contributed by atoms with Crippen LogP contribution in [-0.2, 0) is 0 Å². The van der Waals surface area contributed by atoms with Gasteiger partial charge in [0.2, 0.25) is 0 Å². The standard InChI is InChI=1S/C18H15NO.ClH/c19-16(10-20)14-8-6-13-5-4-11-2-1-3-12-7-9-15(14)18(13)17(11)12;/h1-9,16,20H,10,19H2;1H/t16-;/m1./s1. The summed E-state index contributed by atoms with van der Waals surface area (Å²) >= 11 is 0. The predicted molar refractivity (Wildman–Crippen MR) is 91.4 cm³/mol. The van der Waals surface area contributed by atoms with E-state index in [2.05, 4.69) is 48.5 Å². The lowest BCUT2D eigenvalue weighted by atomic mass is 9.90. The van der Waals surface area contributed by atoms with E-state index in [1.54, 1.807) is 0 Å². The molecule has 0 aliphatic carbocycles. The molecule has 4 rings (SSSR count). The zero-order valence-electron chi connectivity index (χ0n) is 11.4. The Labute approximate surface area is 128 Å². The van der Waals surface area contributed by atoms with Crippen molar-refractivity contribution in [3.8, 4) is 0 Å². The summed E-state index contributed by atoms with van der Waals surface area (Å²) in [6.45, 7) is -0.0377. The molecule has 4 aromatic carbocycles. The fourth-order valence-electron chi connectivity index (χ4n) is 3.18. The second-order valence-corrected chi connectivity index (χ2v) is 5.30. The Morgan fingerprint density at radius 3 is 2.05 bits per heavy atom. The molecule has 0 saturated carbocycles. The molecule has 3 heteroatoms. The zero-order chi connectivity index (χ0) is 13.7. The Morgan fingerprint density at radius 1 is 0.810 bits per heavy atom. The summed E-state index contributed by atoms with van der Waals surface area (Å²) in [7, 11) is 0. The Kier molecular flexibility index (Phi) is 3.46. The molecule has 0 bridgehead atoms. The van der Waals surface area contributed by atoms with Crippen molar-refractivity contribution in [2.45, 2.75) is 6.04 Å². The lowest BCUT2D eigenvalue weighted by Gasteiger charge is -2.16. The van der Waals surface area contributed by atoms with E-state index < -0.39 is 0 Å². The Balaban J connectivity index is 0.00000132. The van der Waals surface area contributed by atoms with Crippen molar-refractivity contribution in [1.82, 2.24) is 0 Å². The minimum atomic E-state index is -0.334. The van der Waals surface area contributed by atoms with Gasteiger partial charge in [-0.25, -0.2) is 0 Å². The molecule has 0 radical (unpaired) electrons. The van der Waals surface area contributed by atoms with Gasteiger partial charge in [0.15, 0.2) is 0 Å². The minimum Gasteiger partial charge on any atom is -0.394 e. The quantitative estimate of drug-likeness (QED) is 0.549. The number of rotatable bonds is 2. The van der Waals surface area contributed by atoms with E-state index in [1.165, 1.54) is 26.9 Å². The average molecular weight is 298 g/mol. The third-order valence-electron chi connectivity index (χ3n) is 4.16. The maximum atomic E-state index is 9.36. The molecule has 0 unspecified atom stereocenters. The van der Waals surface area contributed by atoms with Crippen molar-refractivity contribution in [2.75, 3.05) is 6.61 Å². The van der Waals surface area contributed by atoms with Gasteiger partial charge in [-0.3, -0.25) is 0 Å². The molecular weight excluding hydrogens is 282 g/mol. The van der Waals surface area contributed by atoms with E-state index in [0.717, 1.165) is 10.9 Å². The van der Waals surface area contributed by atoms with Gasteiger partial charge in [0.25, 0.3) is 0 Å². The number of halogens is 1. The van der Waals surface area contributed by atoms with Crippen LogP contribution < -0.4 is 5.73 Å². The lowest BCUT2D eigenvalue weighted by molar-refractivity contribution is 0.268. The van der Waals surface area contributed by atoms with Crippen molar-refractivity contribution < 1.29 is 5.11 Å². The second kappa shape index (κ2) is 5.15. The molecule has 3 N–H and O–H groups in total. The van der Waals surface area contributed by atoms with Gasteiger partial charge < -0.3 is 10.8 Å². The fourth-order valence-corrected chi connectivity index (χ4v) is 3.18. The van der Waals surface area contributed by atoms with E-state index in [0.29, 0.717) is 0 Å². The van der Waals surface area contributed by atoms with Crippen LogP contribution in [-0.4, -0.2) is 11.7 Å². The fraction of sp³-hybridized carbons (Fsp3) is 0.111. The number of aliphatic hydroxyl groups excluding tert-OH is 1. The van der Waals surface area contributed by atoms with Crippen LogP contribution in [0, 0.1) is 0 Å². The summed E-state index contributed by atoms with van der Waals surface area (Å²) in [4.78, 5) is 0. The van der Waals surface area contributed by atoms with Gasteiger partial charge in [0.1, 0.15) is 0 Å². The molecule has 4 aromatic rings. The van der Waals surface area contributed by atoms with Crippen molar-refractivity contribution >= 4 is 44.7 Å². The number of hydrogen-bond donors (Lipinski definition) is 2. The first-order valence-corrected chi connectivity index (χ1v) is 6.82. The molecule has 0 amide bonds. The monoisotopic (exact) mass is 297 g/mol. The second-order valence-electron chi connectivity index (χ2n) is 5.30. The summed E-state index contributed by atoms with van der Waals surface area (Å²) in [6.07, 6.45) is 0. The van der Waals surface area contributed by atoms with Crippen molar-refractivity contribution in [1.29, 1.82) is 0 Å². The highest BCUT2D eigenvalue weighted by atomic mass is 35.5. The van der Waals surface area contributed by atoms with E-state index in [9.17, 15) is 5.11 Å². The molecule has 0 spiro atoms. The normalized spacial score (nSPS) is 12.9. The van der Waals surface area contributed by atoms with Gasteiger partial charge in [0, 0.05) is 0 Å². The first kappa shape index (κ1) is 14.1. The minimum absolute atomic E-state index is 0. The maximum absolute atomic E-state index is 9.36. The van der Waals surface area contributed by atoms with Gasteiger partial charge in [-0.15, -0.1) is 12.4 Å². The molecule has 2 nitrogen and oxygen atoms in total. The van der Waals surface area contributed by atoms with Crippen LogP contribution in [0.15, 0.2) is 54.6 Å².